The van der Waals surface area contributed by atoms with Crippen molar-refractivity contribution >= 4 is 220 Å². The first-order chi connectivity index (χ1) is 38.1. The van der Waals surface area contributed by atoms with Gasteiger partial charge in [-0.1, -0.05) is 347 Å². The minimum Gasteiger partial charge on any atom is -0.497 e. The average molecular weight is 1480 g/mol. The van der Waals surface area contributed by atoms with E-state index < -0.39 is 22.8 Å². The highest BCUT2D eigenvalue weighted by molar-refractivity contribution is 6.69. The van der Waals surface area contributed by atoms with Gasteiger partial charge in [-0.05, 0) is 64.6 Å². The number of methoxy groups -OCH3 is 1. The van der Waals surface area contributed by atoms with Crippen LogP contribution in [0.15, 0.2) is 146 Å². The van der Waals surface area contributed by atoms with Gasteiger partial charge in [0.05, 0.1) is 7.11 Å². The third kappa shape index (κ3) is 18.8. The summed E-state index contributed by atoms with van der Waals surface area (Å²) in [5.41, 5.74) is 9.27. The molecule has 0 N–H and O–H groups in total. The first kappa shape index (κ1) is 67.2. The van der Waals surface area contributed by atoms with Crippen molar-refractivity contribution in [2.75, 3.05) is 7.11 Å². The van der Waals surface area contributed by atoms with Crippen molar-refractivity contribution in [1.82, 2.24) is 44.9 Å². The molecule has 82 heavy (non-hydrogen) atoms. The molecule has 0 saturated heterocycles. The van der Waals surface area contributed by atoms with E-state index >= 15 is 0 Å². The summed E-state index contributed by atoms with van der Waals surface area (Å²) >= 11 is 112. The summed E-state index contributed by atoms with van der Waals surface area (Å²) < 4.78 is -6.19. The summed E-state index contributed by atoms with van der Waals surface area (Å²) in [6, 6.07) is 45.8. The molecule has 426 valence electrons. The van der Waals surface area contributed by atoms with Crippen LogP contribution in [0.5, 0.6) is 5.75 Å². The molecule has 0 amide bonds. The zero-order chi connectivity index (χ0) is 60.2. The van der Waals surface area contributed by atoms with Crippen molar-refractivity contribution in [1.29, 1.82) is 0 Å². The summed E-state index contributed by atoms with van der Waals surface area (Å²) in [5, 5.41) is 0.666. The number of ether oxygens (including phenoxy) is 1. The molecule has 0 aliphatic heterocycles. The molecule has 0 unspecified atom stereocenters. The van der Waals surface area contributed by atoms with Gasteiger partial charge in [-0.25, -0.2) is 44.9 Å². The fraction of sp³-hybridized carbons (Fsp3) is 0.151. The van der Waals surface area contributed by atoms with Gasteiger partial charge in [0, 0.05) is 21.7 Å². The first-order valence-corrected chi connectivity index (χ1v) is 29.8. The number of alkyl halides is 18. The number of hydrogen-bond donors (Lipinski definition) is 0. The van der Waals surface area contributed by atoms with Gasteiger partial charge in [0.15, 0.2) is 52.4 Å². The summed E-state index contributed by atoms with van der Waals surface area (Å²) in [5.74, 6) is 0.663. The van der Waals surface area contributed by atoms with Crippen molar-refractivity contribution < 1.29 is 4.74 Å². The van der Waals surface area contributed by atoms with Crippen LogP contribution in [-0.2, 0) is 22.8 Å². The van der Waals surface area contributed by atoms with Crippen LogP contribution in [0.3, 0.4) is 0 Å². The highest BCUT2D eigenvalue weighted by atomic mass is 35.6. The van der Waals surface area contributed by atoms with E-state index in [1.54, 1.807) is 7.11 Å². The van der Waals surface area contributed by atoms with E-state index in [1.807, 2.05) is 128 Å². The summed E-state index contributed by atoms with van der Waals surface area (Å²) in [6.07, 6.45) is 0. The lowest BCUT2D eigenvalue weighted by Crippen LogP contribution is -2.16. The van der Waals surface area contributed by atoms with Gasteiger partial charge in [-0.3, -0.25) is 0 Å². The minimum absolute atomic E-state index is 0.124. The number of hydrogen-bond acceptors (Lipinski definition) is 10. The Morgan fingerprint density at radius 2 is 0.439 bits per heavy atom. The Hall–Kier alpha value is -2.34. The van der Waals surface area contributed by atoms with Crippen LogP contribution in [-0.4, -0.2) is 52.0 Å². The van der Waals surface area contributed by atoms with Gasteiger partial charge in [-0.15, -0.1) is 0 Å². The number of aromatic nitrogens is 9. The van der Waals surface area contributed by atoms with E-state index in [4.69, 9.17) is 225 Å². The van der Waals surface area contributed by atoms with Gasteiger partial charge < -0.3 is 4.74 Å². The van der Waals surface area contributed by atoms with Crippen LogP contribution in [0.1, 0.15) is 40.5 Å². The van der Waals surface area contributed by atoms with E-state index in [1.165, 1.54) is 5.56 Å². The van der Waals surface area contributed by atoms with Gasteiger partial charge >= 0.3 is 0 Å². The molecule has 6 aromatic carbocycles. The number of halogens is 19. The Bertz CT molecular complexity index is 3370. The molecule has 0 spiro atoms. The molecule has 0 aliphatic carbocycles. The smallest absolute Gasteiger partial charge is 0.250 e. The second-order valence-corrected chi connectivity index (χ2v) is 30.9. The second-order valence-electron chi connectivity index (χ2n) is 16.7. The predicted octanol–water partition coefficient (Wildman–Crippen LogP) is 21.5. The number of benzene rings is 6. The normalized spacial score (nSPS) is 12.2. The van der Waals surface area contributed by atoms with Crippen molar-refractivity contribution in [3.63, 3.8) is 0 Å². The fourth-order valence-electron chi connectivity index (χ4n) is 6.88. The molecule has 0 fully saturated rings. The highest BCUT2D eigenvalue weighted by Gasteiger charge is 2.37. The van der Waals surface area contributed by atoms with Gasteiger partial charge in [0.1, 0.15) is 5.75 Å². The average Bonchev–Trinajstić information content (AvgIpc) is 3.63. The van der Waals surface area contributed by atoms with Crippen molar-refractivity contribution in [3.8, 4) is 73.3 Å². The third-order valence-corrected chi connectivity index (χ3v) is 14.1. The Morgan fingerprint density at radius 3 is 0.646 bits per heavy atom. The van der Waals surface area contributed by atoms with Gasteiger partial charge in [0.2, 0.25) is 22.8 Å². The number of rotatable bonds is 7. The van der Waals surface area contributed by atoms with Gasteiger partial charge in [0.25, 0.3) is 0 Å². The molecular formula is C53H30Cl19N9O. The molecular weight excluding hydrogens is 1450 g/mol. The minimum atomic E-state index is -1.90. The zero-order valence-electron chi connectivity index (χ0n) is 41.0. The van der Waals surface area contributed by atoms with Crippen LogP contribution in [0, 0.1) is 6.92 Å². The fourth-order valence-corrected chi connectivity index (χ4v) is 8.53. The van der Waals surface area contributed by atoms with Crippen molar-refractivity contribution in [2.45, 2.75) is 29.7 Å². The van der Waals surface area contributed by atoms with Crippen molar-refractivity contribution in [3.05, 3.63) is 191 Å². The van der Waals surface area contributed by atoms with Crippen LogP contribution >= 0.6 is 220 Å². The summed E-state index contributed by atoms with van der Waals surface area (Å²) in [6.45, 7) is 2.04. The highest BCUT2D eigenvalue weighted by Crippen LogP contribution is 2.44. The Morgan fingerprint density at radius 1 is 0.256 bits per heavy atom. The summed E-state index contributed by atoms with van der Waals surface area (Å²) in [7, 11) is 1.62. The lowest BCUT2D eigenvalue weighted by Gasteiger charge is -2.15. The Balaban J connectivity index is 0.000000177. The van der Waals surface area contributed by atoms with Gasteiger partial charge in [-0.2, -0.15) is 0 Å². The number of nitrogens with zero attached hydrogens (tertiary/aromatic N) is 9. The van der Waals surface area contributed by atoms with Crippen LogP contribution in [0.2, 0.25) is 5.02 Å². The Kier molecular flexibility index (Phi) is 22.8. The zero-order valence-corrected chi connectivity index (χ0v) is 55.3. The molecule has 0 aliphatic rings. The monoisotopic (exact) mass is 1470 g/mol. The largest absolute Gasteiger partial charge is 0.497 e. The van der Waals surface area contributed by atoms with Crippen molar-refractivity contribution in [2.24, 2.45) is 0 Å². The molecule has 10 nitrogen and oxygen atoms in total. The predicted molar refractivity (Wildman–Crippen MR) is 344 cm³/mol. The SMILES string of the molecule is COc1ccc(-c2ccc(-c3nc(C(Cl)(Cl)Cl)nc(C(Cl)(Cl)Cl)n3)cc2)cc1.Cc1ccc(-c2ccc(-c3nc(C(Cl)(Cl)Cl)nc(C(Cl)(Cl)Cl)n3)cc2)cc1.Clc1ccc(-c2ccc(-c3nc(C(Cl)(Cl)Cl)nc(C(Cl)(Cl)Cl)n3)cc2)cc1. The maximum atomic E-state index is 5.92. The molecule has 9 aromatic rings. The molecule has 3 aromatic heterocycles. The van der Waals surface area contributed by atoms with E-state index in [9.17, 15) is 0 Å². The molecule has 0 atom stereocenters. The van der Waals surface area contributed by atoms with E-state index in [0.29, 0.717) is 21.7 Å². The Labute approximate surface area is 565 Å². The lowest BCUT2D eigenvalue weighted by atomic mass is 10.0. The maximum absolute atomic E-state index is 5.92. The number of aryl methyl sites for hydroxylation is 1. The van der Waals surface area contributed by atoms with E-state index in [-0.39, 0.29) is 52.4 Å². The second kappa shape index (κ2) is 27.8. The maximum Gasteiger partial charge on any atom is 0.250 e. The quantitative estimate of drug-likeness (QED) is 0.142. The summed E-state index contributed by atoms with van der Waals surface area (Å²) in [4.78, 5) is 37.1. The molecule has 9 rings (SSSR count). The van der Waals surface area contributed by atoms with E-state index in [2.05, 4.69) is 69.1 Å². The third-order valence-electron chi connectivity index (χ3n) is 10.8. The molecule has 0 radical (unpaired) electrons. The molecule has 3 heterocycles. The topological polar surface area (TPSA) is 125 Å². The molecule has 29 heteroatoms. The van der Waals surface area contributed by atoms with Crippen LogP contribution in [0.25, 0.3) is 67.5 Å². The molecule has 0 saturated carbocycles. The standard InChI is InChI=1S/C18H11Cl6N3O.C18H11Cl6N3.C17H8Cl7N3/c1-28-13-8-6-11(7-9-13)10-2-4-12(5-3-10)14-25-15(17(19,20)21)27-16(26-14)18(22,23)24;1-10-2-4-11(5-3-10)12-6-8-13(9-7-12)14-25-15(17(19,20)21)27-16(26-14)18(22,23)24;18-12-7-5-10(6-8-12)9-1-3-11(4-2-9)13-25-14(16(19,20)21)27-15(26-13)17(22,23)24/h2-9H,1H3;2-9H,1H3;1-8H. The van der Waals surface area contributed by atoms with Crippen LogP contribution in [0.4, 0.5) is 0 Å². The molecule has 0 bridgehead atoms. The first-order valence-electron chi connectivity index (χ1n) is 22.7. The van der Waals surface area contributed by atoms with Crippen LogP contribution < -0.4 is 4.74 Å². The van der Waals surface area contributed by atoms with E-state index in [0.717, 1.165) is 39.1 Å². The lowest BCUT2D eigenvalue weighted by molar-refractivity contribution is 0.415.